The lowest BCUT2D eigenvalue weighted by Gasteiger charge is -2.08. The number of hydrogen-bond donors (Lipinski definition) is 1. The average Bonchev–Trinajstić information content (AvgIpc) is 2.42. The van der Waals surface area contributed by atoms with Crippen LogP contribution in [0.2, 0.25) is 0 Å². The second kappa shape index (κ2) is 6.81. The van der Waals surface area contributed by atoms with Gasteiger partial charge in [0.15, 0.2) is 0 Å². The summed E-state index contributed by atoms with van der Waals surface area (Å²) in [6, 6.07) is 15.7. The van der Waals surface area contributed by atoms with E-state index in [1.165, 1.54) is 5.56 Å². The van der Waals surface area contributed by atoms with Crippen molar-refractivity contribution in [2.75, 3.05) is 13.7 Å². The molecule has 0 spiro atoms. The lowest BCUT2D eigenvalue weighted by atomic mass is 10.2. The van der Waals surface area contributed by atoms with Crippen molar-refractivity contribution in [2.24, 2.45) is 0 Å². The molecule has 3 nitrogen and oxygen atoms in total. The molecule has 19 heavy (non-hydrogen) atoms. The summed E-state index contributed by atoms with van der Waals surface area (Å²) in [4.78, 5) is 0. The van der Waals surface area contributed by atoms with E-state index < -0.39 is 0 Å². The first-order valence-corrected chi connectivity index (χ1v) is 6.46. The lowest BCUT2D eigenvalue weighted by molar-refractivity contribution is 0.338. The van der Waals surface area contributed by atoms with Crippen molar-refractivity contribution in [3.8, 4) is 17.2 Å². The topological polar surface area (TPSA) is 30.5 Å². The normalized spacial score (nSPS) is 10.2. The molecule has 0 saturated carbocycles. The molecule has 0 aromatic heterocycles. The van der Waals surface area contributed by atoms with Crippen LogP contribution in [-0.4, -0.2) is 13.7 Å². The summed E-state index contributed by atoms with van der Waals surface area (Å²) in [6.07, 6.45) is 0. The van der Waals surface area contributed by atoms with Crippen LogP contribution in [0, 0.1) is 0 Å². The van der Waals surface area contributed by atoms with Crippen molar-refractivity contribution in [2.45, 2.75) is 13.5 Å². The number of hydrogen-bond acceptors (Lipinski definition) is 3. The van der Waals surface area contributed by atoms with E-state index in [9.17, 15) is 0 Å². The van der Waals surface area contributed by atoms with Crippen molar-refractivity contribution in [1.82, 2.24) is 5.32 Å². The van der Waals surface area contributed by atoms with Crippen LogP contribution >= 0.6 is 0 Å². The van der Waals surface area contributed by atoms with E-state index in [-0.39, 0.29) is 0 Å². The molecule has 100 valence electrons. The second-order valence-electron chi connectivity index (χ2n) is 4.18. The van der Waals surface area contributed by atoms with Gasteiger partial charge in [0.05, 0.1) is 6.61 Å². The Morgan fingerprint density at radius 3 is 2.37 bits per heavy atom. The Labute approximate surface area is 114 Å². The highest BCUT2D eigenvalue weighted by atomic mass is 16.5. The van der Waals surface area contributed by atoms with E-state index in [1.807, 2.05) is 50.4 Å². The van der Waals surface area contributed by atoms with Gasteiger partial charge in [-0.05, 0) is 43.8 Å². The fraction of sp³-hybridized carbons (Fsp3) is 0.250. The molecule has 0 fully saturated rings. The summed E-state index contributed by atoms with van der Waals surface area (Å²) in [5.41, 5.74) is 1.23. The highest BCUT2D eigenvalue weighted by molar-refractivity contribution is 5.37. The van der Waals surface area contributed by atoms with Crippen LogP contribution in [-0.2, 0) is 6.54 Å². The van der Waals surface area contributed by atoms with Crippen LogP contribution in [0.5, 0.6) is 17.2 Å². The predicted octanol–water partition coefficient (Wildman–Crippen LogP) is 3.60. The van der Waals surface area contributed by atoms with Crippen LogP contribution in [0.4, 0.5) is 0 Å². The molecule has 0 heterocycles. The van der Waals surface area contributed by atoms with Crippen molar-refractivity contribution in [3.05, 3.63) is 54.1 Å². The van der Waals surface area contributed by atoms with Crippen LogP contribution in [0.1, 0.15) is 12.5 Å². The molecule has 3 heteroatoms. The minimum atomic E-state index is 0.655. The fourth-order valence-electron chi connectivity index (χ4n) is 1.81. The van der Waals surface area contributed by atoms with Gasteiger partial charge in [0.25, 0.3) is 0 Å². The molecule has 0 bridgehead atoms. The predicted molar refractivity (Wildman–Crippen MR) is 76.9 cm³/mol. The largest absolute Gasteiger partial charge is 0.494 e. The van der Waals surface area contributed by atoms with Gasteiger partial charge < -0.3 is 14.8 Å². The molecule has 0 aliphatic carbocycles. The fourth-order valence-corrected chi connectivity index (χ4v) is 1.81. The van der Waals surface area contributed by atoms with Gasteiger partial charge in [-0.1, -0.05) is 18.2 Å². The molecular weight excluding hydrogens is 238 g/mol. The van der Waals surface area contributed by atoms with E-state index in [0.29, 0.717) is 6.61 Å². The summed E-state index contributed by atoms with van der Waals surface area (Å²) in [5.74, 6) is 2.44. The number of benzene rings is 2. The molecule has 2 rings (SSSR count). The second-order valence-corrected chi connectivity index (χ2v) is 4.18. The first kappa shape index (κ1) is 13.4. The van der Waals surface area contributed by atoms with Gasteiger partial charge >= 0.3 is 0 Å². The Morgan fingerprint density at radius 2 is 1.68 bits per heavy atom. The minimum absolute atomic E-state index is 0.655. The van der Waals surface area contributed by atoms with Gasteiger partial charge in [0.1, 0.15) is 17.2 Å². The molecule has 0 unspecified atom stereocenters. The van der Waals surface area contributed by atoms with E-state index in [4.69, 9.17) is 9.47 Å². The molecular formula is C16H19NO2. The zero-order chi connectivity index (χ0) is 13.5. The van der Waals surface area contributed by atoms with Crippen molar-refractivity contribution in [3.63, 3.8) is 0 Å². The maximum Gasteiger partial charge on any atom is 0.131 e. The Kier molecular flexibility index (Phi) is 4.81. The zero-order valence-corrected chi connectivity index (χ0v) is 11.3. The molecule has 0 radical (unpaired) electrons. The van der Waals surface area contributed by atoms with Crippen LogP contribution in [0.3, 0.4) is 0 Å². The van der Waals surface area contributed by atoms with E-state index >= 15 is 0 Å². The molecule has 2 aromatic carbocycles. The Balaban J connectivity index is 2.05. The summed E-state index contributed by atoms with van der Waals surface area (Å²) in [6.45, 7) is 3.48. The molecule has 0 saturated heterocycles. The molecule has 0 aliphatic heterocycles. The lowest BCUT2D eigenvalue weighted by Crippen LogP contribution is -2.04. The summed E-state index contributed by atoms with van der Waals surface area (Å²) in [7, 11) is 1.93. The first-order chi connectivity index (χ1) is 9.31. The van der Waals surface area contributed by atoms with Gasteiger partial charge in [-0.3, -0.25) is 0 Å². The van der Waals surface area contributed by atoms with E-state index in [1.54, 1.807) is 0 Å². The zero-order valence-electron chi connectivity index (χ0n) is 11.3. The Bertz CT molecular complexity index is 508. The van der Waals surface area contributed by atoms with Crippen LogP contribution < -0.4 is 14.8 Å². The number of ether oxygens (including phenoxy) is 2. The summed E-state index contributed by atoms with van der Waals surface area (Å²) < 4.78 is 11.2. The van der Waals surface area contributed by atoms with Crippen molar-refractivity contribution < 1.29 is 9.47 Å². The smallest absolute Gasteiger partial charge is 0.131 e. The van der Waals surface area contributed by atoms with Gasteiger partial charge in [0.2, 0.25) is 0 Å². The monoisotopic (exact) mass is 257 g/mol. The SMILES string of the molecule is CCOc1cccc(Oc2ccc(CNC)cc2)c1. The van der Waals surface area contributed by atoms with Crippen molar-refractivity contribution >= 4 is 0 Å². The minimum Gasteiger partial charge on any atom is -0.494 e. The maximum atomic E-state index is 5.80. The van der Waals surface area contributed by atoms with Gasteiger partial charge in [-0.2, -0.15) is 0 Å². The summed E-state index contributed by atoms with van der Waals surface area (Å²) in [5, 5.41) is 3.12. The molecule has 0 aliphatic rings. The van der Waals surface area contributed by atoms with E-state index in [2.05, 4.69) is 17.4 Å². The Hall–Kier alpha value is -2.00. The van der Waals surface area contributed by atoms with Gasteiger partial charge in [-0.25, -0.2) is 0 Å². The quantitative estimate of drug-likeness (QED) is 0.857. The third-order valence-electron chi connectivity index (χ3n) is 2.66. The third kappa shape index (κ3) is 4.00. The number of nitrogens with one attached hydrogen (secondary N) is 1. The van der Waals surface area contributed by atoms with E-state index in [0.717, 1.165) is 23.8 Å². The van der Waals surface area contributed by atoms with Crippen LogP contribution in [0.25, 0.3) is 0 Å². The van der Waals surface area contributed by atoms with Crippen molar-refractivity contribution in [1.29, 1.82) is 0 Å². The molecule has 0 amide bonds. The average molecular weight is 257 g/mol. The Morgan fingerprint density at radius 1 is 0.947 bits per heavy atom. The first-order valence-electron chi connectivity index (χ1n) is 6.46. The molecule has 1 N–H and O–H groups in total. The van der Waals surface area contributed by atoms with Crippen LogP contribution in [0.15, 0.2) is 48.5 Å². The van der Waals surface area contributed by atoms with Gasteiger partial charge in [0, 0.05) is 12.6 Å². The molecule has 2 aromatic rings. The summed E-state index contributed by atoms with van der Waals surface area (Å²) >= 11 is 0. The highest BCUT2D eigenvalue weighted by Gasteiger charge is 2.00. The van der Waals surface area contributed by atoms with Gasteiger partial charge in [-0.15, -0.1) is 0 Å². The third-order valence-corrected chi connectivity index (χ3v) is 2.66. The maximum absolute atomic E-state index is 5.80. The standard InChI is InChI=1S/C16H19NO2/c1-3-18-15-5-4-6-16(11-15)19-14-9-7-13(8-10-14)12-17-2/h4-11,17H,3,12H2,1-2H3. The molecule has 0 atom stereocenters. The highest BCUT2D eigenvalue weighted by Crippen LogP contribution is 2.25. The number of rotatable bonds is 6.